The Morgan fingerprint density at radius 2 is 2.00 bits per heavy atom. The van der Waals surface area contributed by atoms with Crippen LogP contribution in [0, 0.1) is 0 Å². The second-order valence-electron chi connectivity index (χ2n) is 4.15. The fraction of sp³-hybridized carbons (Fsp3) is 0.333. The van der Waals surface area contributed by atoms with E-state index in [4.69, 9.17) is 9.15 Å². The number of hydrogen-bond acceptors (Lipinski definition) is 3. The van der Waals surface area contributed by atoms with Crippen LogP contribution in [-0.4, -0.2) is 6.54 Å². The van der Waals surface area contributed by atoms with E-state index in [9.17, 15) is 0 Å². The van der Waals surface area contributed by atoms with Gasteiger partial charge < -0.3 is 14.5 Å². The van der Waals surface area contributed by atoms with E-state index >= 15 is 0 Å². The summed E-state index contributed by atoms with van der Waals surface area (Å²) < 4.78 is 11.1. The summed E-state index contributed by atoms with van der Waals surface area (Å²) in [6, 6.07) is 11.8. The number of benzene rings is 1. The number of nitrogens with one attached hydrogen (secondary N) is 1. The molecule has 3 heteroatoms. The van der Waals surface area contributed by atoms with E-state index in [-0.39, 0.29) is 0 Å². The summed E-state index contributed by atoms with van der Waals surface area (Å²) in [5, 5.41) is 3.36. The smallest absolute Gasteiger partial charge is 0.146 e. The van der Waals surface area contributed by atoms with Crippen LogP contribution in [0.2, 0.25) is 0 Å². The third kappa shape index (κ3) is 3.64. The molecule has 2 rings (SSSR count). The van der Waals surface area contributed by atoms with Crippen LogP contribution in [0.15, 0.2) is 47.1 Å². The molecule has 0 unspecified atom stereocenters. The van der Waals surface area contributed by atoms with E-state index in [2.05, 4.69) is 12.2 Å². The molecule has 0 bridgehead atoms. The lowest BCUT2D eigenvalue weighted by atomic mass is 10.2. The largest absolute Gasteiger partial charge is 0.486 e. The van der Waals surface area contributed by atoms with Crippen molar-refractivity contribution in [3.63, 3.8) is 0 Å². The molecule has 1 aromatic heterocycles. The molecule has 1 heterocycles. The highest BCUT2D eigenvalue weighted by molar-refractivity contribution is 5.22. The normalized spacial score (nSPS) is 10.5. The molecule has 2 aromatic rings. The number of para-hydroxylation sites is 1. The summed E-state index contributed by atoms with van der Waals surface area (Å²) in [7, 11) is 0. The van der Waals surface area contributed by atoms with Crippen LogP contribution >= 0.6 is 0 Å². The molecule has 18 heavy (non-hydrogen) atoms. The zero-order valence-electron chi connectivity index (χ0n) is 10.7. The van der Waals surface area contributed by atoms with Gasteiger partial charge in [-0.15, -0.1) is 0 Å². The lowest BCUT2D eigenvalue weighted by Crippen LogP contribution is -2.14. The van der Waals surface area contributed by atoms with Crippen molar-refractivity contribution in [2.45, 2.75) is 26.5 Å². The van der Waals surface area contributed by atoms with Crippen LogP contribution < -0.4 is 10.1 Å². The Labute approximate surface area is 108 Å². The van der Waals surface area contributed by atoms with Crippen LogP contribution in [0.25, 0.3) is 0 Å². The molecule has 0 atom stereocenters. The van der Waals surface area contributed by atoms with Gasteiger partial charge in [0, 0.05) is 12.1 Å². The topological polar surface area (TPSA) is 34.4 Å². The Balaban J connectivity index is 1.87. The third-order valence-corrected chi connectivity index (χ3v) is 2.69. The second kappa shape index (κ2) is 6.87. The van der Waals surface area contributed by atoms with Crippen molar-refractivity contribution in [3.8, 4) is 5.75 Å². The summed E-state index contributed by atoms with van der Waals surface area (Å²) in [6.07, 6.45) is 2.85. The Bertz CT molecular complexity index is 451. The maximum Gasteiger partial charge on any atom is 0.146 e. The van der Waals surface area contributed by atoms with Crippen molar-refractivity contribution in [3.05, 3.63) is 54.0 Å². The van der Waals surface area contributed by atoms with Gasteiger partial charge in [0.15, 0.2) is 0 Å². The summed E-state index contributed by atoms with van der Waals surface area (Å²) >= 11 is 0. The zero-order valence-corrected chi connectivity index (χ0v) is 10.7. The van der Waals surface area contributed by atoms with Gasteiger partial charge in [-0.3, -0.25) is 0 Å². The molecule has 0 aliphatic heterocycles. The fourth-order valence-electron chi connectivity index (χ4n) is 1.72. The summed E-state index contributed by atoms with van der Waals surface area (Å²) in [4.78, 5) is 0. The summed E-state index contributed by atoms with van der Waals surface area (Å²) in [6.45, 7) is 4.48. The molecular weight excluding hydrogens is 226 g/mol. The monoisotopic (exact) mass is 245 g/mol. The Kier molecular flexibility index (Phi) is 4.85. The van der Waals surface area contributed by atoms with E-state index in [0.717, 1.165) is 31.0 Å². The minimum atomic E-state index is 0.472. The number of ether oxygens (including phenoxy) is 1. The lowest BCUT2D eigenvalue weighted by Gasteiger charge is -2.06. The van der Waals surface area contributed by atoms with E-state index in [0.29, 0.717) is 6.61 Å². The average Bonchev–Trinajstić information content (AvgIpc) is 2.86. The highest BCUT2D eigenvalue weighted by atomic mass is 16.5. The molecule has 0 aliphatic rings. The molecule has 0 radical (unpaired) electrons. The van der Waals surface area contributed by atoms with Crippen LogP contribution in [0.4, 0.5) is 0 Å². The van der Waals surface area contributed by atoms with E-state index in [1.807, 2.05) is 36.4 Å². The average molecular weight is 245 g/mol. The summed E-state index contributed by atoms with van der Waals surface area (Å²) in [5.74, 6) is 1.75. The lowest BCUT2D eigenvalue weighted by molar-refractivity contribution is 0.268. The van der Waals surface area contributed by atoms with Gasteiger partial charge in [0.25, 0.3) is 0 Å². The quantitative estimate of drug-likeness (QED) is 0.759. The molecule has 96 valence electrons. The predicted octanol–water partition coefficient (Wildman–Crippen LogP) is 3.36. The minimum Gasteiger partial charge on any atom is -0.486 e. The molecule has 0 fully saturated rings. The standard InChI is InChI=1S/C15H19NO2/c1-2-9-16-11-13-8-10-17-15(13)12-18-14-6-4-3-5-7-14/h3-8,10,16H,2,9,11-12H2,1H3. The highest BCUT2D eigenvalue weighted by Gasteiger charge is 2.06. The maximum absolute atomic E-state index is 5.68. The van der Waals surface area contributed by atoms with Gasteiger partial charge in [0.05, 0.1) is 6.26 Å². The third-order valence-electron chi connectivity index (χ3n) is 2.69. The Morgan fingerprint density at radius 3 is 2.78 bits per heavy atom. The van der Waals surface area contributed by atoms with Crippen LogP contribution in [0.5, 0.6) is 5.75 Å². The number of rotatable bonds is 7. The van der Waals surface area contributed by atoms with Crippen LogP contribution in [-0.2, 0) is 13.2 Å². The first kappa shape index (κ1) is 12.7. The molecular formula is C15H19NO2. The molecule has 1 aromatic carbocycles. The van der Waals surface area contributed by atoms with Gasteiger partial charge in [-0.2, -0.15) is 0 Å². The zero-order chi connectivity index (χ0) is 12.6. The van der Waals surface area contributed by atoms with Gasteiger partial charge in [0.2, 0.25) is 0 Å². The maximum atomic E-state index is 5.68. The first-order valence-electron chi connectivity index (χ1n) is 6.34. The Hall–Kier alpha value is -1.74. The van der Waals surface area contributed by atoms with Crippen molar-refractivity contribution in [2.24, 2.45) is 0 Å². The minimum absolute atomic E-state index is 0.472. The molecule has 3 nitrogen and oxygen atoms in total. The van der Waals surface area contributed by atoms with Crippen LogP contribution in [0.1, 0.15) is 24.7 Å². The molecule has 0 spiro atoms. The van der Waals surface area contributed by atoms with Gasteiger partial charge in [-0.25, -0.2) is 0 Å². The van der Waals surface area contributed by atoms with Gasteiger partial charge in [0.1, 0.15) is 18.1 Å². The van der Waals surface area contributed by atoms with Crippen LogP contribution in [0.3, 0.4) is 0 Å². The molecule has 0 aliphatic carbocycles. The van der Waals surface area contributed by atoms with Crippen molar-refractivity contribution >= 4 is 0 Å². The number of hydrogen-bond donors (Lipinski definition) is 1. The Morgan fingerprint density at radius 1 is 1.17 bits per heavy atom. The van der Waals surface area contributed by atoms with E-state index in [1.165, 1.54) is 5.56 Å². The van der Waals surface area contributed by atoms with Crippen molar-refractivity contribution < 1.29 is 9.15 Å². The van der Waals surface area contributed by atoms with E-state index < -0.39 is 0 Å². The van der Waals surface area contributed by atoms with Crippen molar-refractivity contribution in [1.29, 1.82) is 0 Å². The molecule has 0 saturated heterocycles. The molecule has 0 amide bonds. The fourth-order valence-corrected chi connectivity index (χ4v) is 1.72. The first-order chi connectivity index (χ1) is 8.90. The van der Waals surface area contributed by atoms with Gasteiger partial charge >= 0.3 is 0 Å². The summed E-state index contributed by atoms with van der Waals surface area (Å²) in [5.41, 5.74) is 1.17. The molecule has 1 N–H and O–H groups in total. The van der Waals surface area contributed by atoms with Crippen molar-refractivity contribution in [2.75, 3.05) is 6.54 Å². The second-order valence-corrected chi connectivity index (χ2v) is 4.15. The highest BCUT2D eigenvalue weighted by Crippen LogP contribution is 2.15. The van der Waals surface area contributed by atoms with Gasteiger partial charge in [-0.1, -0.05) is 25.1 Å². The van der Waals surface area contributed by atoms with Crippen molar-refractivity contribution in [1.82, 2.24) is 5.32 Å². The van der Waals surface area contributed by atoms with Gasteiger partial charge in [-0.05, 0) is 31.2 Å². The first-order valence-corrected chi connectivity index (χ1v) is 6.34. The van der Waals surface area contributed by atoms with E-state index in [1.54, 1.807) is 6.26 Å². The predicted molar refractivity (Wildman–Crippen MR) is 71.5 cm³/mol. The molecule has 0 saturated carbocycles. The SMILES string of the molecule is CCCNCc1ccoc1COc1ccccc1. The number of furan rings is 1.